The molecular formula is C15H21ClN4O2S3. The maximum absolute atomic E-state index is 12.1. The van der Waals surface area contributed by atoms with E-state index < -0.39 is 10.0 Å². The van der Waals surface area contributed by atoms with E-state index in [1.54, 1.807) is 17.4 Å². The van der Waals surface area contributed by atoms with Crippen molar-refractivity contribution in [3.63, 3.8) is 0 Å². The number of hydrogen-bond acceptors (Lipinski definition) is 5. The fourth-order valence-electron chi connectivity index (χ4n) is 2.06. The maximum atomic E-state index is 12.1. The summed E-state index contributed by atoms with van der Waals surface area (Å²) < 4.78 is 27.5. The van der Waals surface area contributed by atoms with Crippen molar-refractivity contribution in [2.75, 3.05) is 26.7 Å². The molecule has 0 aliphatic rings. The molecule has 0 unspecified atom stereocenters. The van der Waals surface area contributed by atoms with E-state index in [0.717, 1.165) is 30.4 Å². The highest BCUT2D eigenvalue weighted by atomic mass is 35.5. The summed E-state index contributed by atoms with van der Waals surface area (Å²) in [4.78, 5) is 6.49. The van der Waals surface area contributed by atoms with E-state index in [2.05, 4.69) is 26.5 Å². The third kappa shape index (κ3) is 6.27. The first kappa shape index (κ1) is 20.2. The van der Waals surface area contributed by atoms with Crippen molar-refractivity contribution in [1.82, 2.24) is 14.9 Å². The molecule has 25 heavy (non-hydrogen) atoms. The summed E-state index contributed by atoms with van der Waals surface area (Å²) in [6.45, 7) is 4.05. The van der Waals surface area contributed by atoms with Crippen molar-refractivity contribution >= 4 is 50.3 Å². The van der Waals surface area contributed by atoms with Gasteiger partial charge in [0.25, 0.3) is 0 Å². The van der Waals surface area contributed by atoms with Crippen LogP contribution in [0.2, 0.25) is 4.34 Å². The summed E-state index contributed by atoms with van der Waals surface area (Å²) in [6.07, 6.45) is 0. The molecule has 2 rings (SSSR count). The van der Waals surface area contributed by atoms with Gasteiger partial charge >= 0.3 is 0 Å². The highest BCUT2D eigenvalue weighted by molar-refractivity contribution is 7.91. The predicted octanol–water partition coefficient (Wildman–Crippen LogP) is 2.84. The minimum absolute atomic E-state index is 0.211. The molecule has 0 atom stereocenters. The van der Waals surface area contributed by atoms with Gasteiger partial charge in [0.15, 0.2) is 5.96 Å². The third-order valence-corrected chi connectivity index (χ3v) is 7.09. The monoisotopic (exact) mass is 420 g/mol. The van der Waals surface area contributed by atoms with Crippen LogP contribution in [0.25, 0.3) is 0 Å². The Bertz CT molecular complexity index is 788. The van der Waals surface area contributed by atoms with Crippen molar-refractivity contribution in [1.29, 1.82) is 0 Å². The second kappa shape index (κ2) is 9.54. The summed E-state index contributed by atoms with van der Waals surface area (Å²) in [7, 11) is -1.57. The molecular weight excluding hydrogens is 400 g/mol. The van der Waals surface area contributed by atoms with Crippen LogP contribution in [0.1, 0.15) is 12.5 Å². The number of rotatable bonds is 8. The van der Waals surface area contributed by atoms with Gasteiger partial charge < -0.3 is 10.2 Å². The number of halogens is 1. The van der Waals surface area contributed by atoms with Crippen LogP contribution < -0.4 is 10.0 Å². The summed E-state index contributed by atoms with van der Waals surface area (Å²) in [5, 5.41) is 7.35. The molecule has 0 amide bonds. The van der Waals surface area contributed by atoms with Gasteiger partial charge in [-0.25, -0.2) is 13.1 Å². The molecule has 0 aliphatic carbocycles. The fraction of sp³-hybridized carbons (Fsp3) is 0.400. The molecule has 2 aromatic heterocycles. The second-order valence-electron chi connectivity index (χ2n) is 5.18. The Morgan fingerprint density at radius 3 is 2.76 bits per heavy atom. The smallest absolute Gasteiger partial charge is 0.250 e. The van der Waals surface area contributed by atoms with Gasteiger partial charge in [-0.2, -0.15) is 11.3 Å². The Morgan fingerprint density at radius 2 is 2.16 bits per heavy atom. The molecule has 2 aromatic rings. The van der Waals surface area contributed by atoms with Crippen LogP contribution in [-0.4, -0.2) is 46.0 Å². The first-order chi connectivity index (χ1) is 11.9. The van der Waals surface area contributed by atoms with Crippen LogP contribution in [0, 0.1) is 0 Å². The van der Waals surface area contributed by atoms with Gasteiger partial charge in [0.05, 0.1) is 10.9 Å². The number of nitrogens with zero attached hydrogens (tertiary/aromatic N) is 2. The van der Waals surface area contributed by atoms with Gasteiger partial charge in [-0.05, 0) is 41.4 Å². The molecule has 2 N–H and O–H groups in total. The van der Waals surface area contributed by atoms with Crippen LogP contribution in [-0.2, 0) is 16.6 Å². The average molecular weight is 421 g/mol. The normalized spacial score (nSPS) is 12.4. The summed E-state index contributed by atoms with van der Waals surface area (Å²) in [6, 6.07) is 5.14. The lowest BCUT2D eigenvalue weighted by Gasteiger charge is -2.21. The van der Waals surface area contributed by atoms with E-state index in [0.29, 0.717) is 10.9 Å². The summed E-state index contributed by atoms with van der Waals surface area (Å²) in [5.74, 6) is 0.743. The molecule has 0 spiro atoms. The maximum Gasteiger partial charge on any atom is 0.250 e. The fourth-order valence-corrected chi connectivity index (χ4v) is 5.26. The number of sulfonamides is 1. The molecule has 10 heteroatoms. The zero-order chi connectivity index (χ0) is 18.3. The minimum Gasteiger partial charge on any atom is -0.357 e. The number of hydrogen-bond donors (Lipinski definition) is 2. The lowest BCUT2D eigenvalue weighted by molar-refractivity contribution is 0.477. The largest absolute Gasteiger partial charge is 0.357 e. The average Bonchev–Trinajstić information content (AvgIpc) is 3.22. The number of thiophene rings is 2. The summed E-state index contributed by atoms with van der Waals surface area (Å²) in [5.41, 5.74) is 1.22. The van der Waals surface area contributed by atoms with E-state index in [9.17, 15) is 8.42 Å². The van der Waals surface area contributed by atoms with E-state index >= 15 is 0 Å². The lowest BCUT2D eigenvalue weighted by atomic mass is 10.3. The van der Waals surface area contributed by atoms with Crippen molar-refractivity contribution in [2.45, 2.75) is 17.7 Å². The van der Waals surface area contributed by atoms with E-state index in [-0.39, 0.29) is 10.8 Å². The van der Waals surface area contributed by atoms with Gasteiger partial charge in [0, 0.05) is 26.7 Å². The standard InChI is InChI=1S/C15H21ClN4O2S3/c1-3-17-15(20(2)10-12-6-9-23-11-12)18-7-8-19-25(21,22)14-5-4-13(16)24-14/h4-6,9,11,19H,3,7-8,10H2,1-2H3,(H,17,18). The first-order valence-electron chi connectivity index (χ1n) is 7.68. The molecule has 0 fully saturated rings. The third-order valence-electron chi connectivity index (χ3n) is 3.18. The first-order valence-corrected chi connectivity index (χ1v) is 11.3. The quantitative estimate of drug-likeness (QED) is 0.391. The molecule has 0 aromatic carbocycles. The molecule has 0 saturated heterocycles. The van der Waals surface area contributed by atoms with Gasteiger partial charge in [0.1, 0.15) is 4.21 Å². The summed E-state index contributed by atoms with van der Waals surface area (Å²) >= 11 is 8.48. The van der Waals surface area contributed by atoms with Gasteiger partial charge in [-0.3, -0.25) is 4.99 Å². The molecule has 6 nitrogen and oxygen atoms in total. The molecule has 2 heterocycles. The molecule has 0 bridgehead atoms. The van der Waals surface area contributed by atoms with Crippen LogP contribution in [0.4, 0.5) is 0 Å². The van der Waals surface area contributed by atoms with E-state index in [4.69, 9.17) is 11.6 Å². The van der Waals surface area contributed by atoms with Crippen molar-refractivity contribution in [3.05, 3.63) is 38.9 Å². The van der Waals surface area contributed by atoms with Crippen molar-refractivity contribution < 1.29 is 8.42 Å². The molecule has 0 radical (unpaired) electrons. The molecule has 0 saturated carbocycles. The topological polar surface area (TPSA) is 73.8 Å². The number of nitrogens with one attached hydrogen (secondary N) is 2. The molecule has 138 valence electrons. The highest BCUT2D eigenvalue weighted by Gasteiger charge is 2.15. The van der Waals surface area contributed by atoms with Gasteiger partial charge in [-0.15, -0.1) is 11.3 Å². The number of aliphatic imine (C=N–C) groups is 1. The van der Waals surface area contributed by atoms with Crippen LogP contribution in [0.15, 0.2) is 38.2 Å². The Morgan fingerprint density at radius 1 is 1.36 bits per heavy atom. The van der Waals surface area contributed by atoms with Gasteiger partial charge in [-0.1, -0.05) is 11.6 Å². The van der Waals surface area contributed by atoms with Crippen LogP contribution >= 0.6 is 34.3 Å². The van der Waals surface area contributed by atoms with Crippen molar-refractivity contribution in [2.24, 2.45) is 4.99 Å². The van der Waals surface area contributed by atoms with E-state index in [1.807, 2.05) is 24.3 Å². The Labute approximate surface area is 161 Å². The predicted molar refractivity (Wildman–Crippen MR) is 106 cm³/mol. The zero-order valence-electron chi connectivity index (χ0n) is 14.0. The second-order valence-corrected chi connectivity index (χ2v) is 9.67. The van der Waals surface area contributed by atoms with E-state index in [1.165, 1.54) is 11.6 Å². The van der Waals surface area contributed by atoms with Crippen molar-refractivity contribution in [3.8, 4) is 0 Å². The SMILES string of the molecule is CCNC(=NCCNS(=O)(=O)c1ccc(Cl)s1)N(C)Cc1ccsc1. The highest BCUT2D eigenvalue weighted by Crippen LogP contribution is 2.25. The number of guanidine groups is 1. The zero-order valence-corrected chi connectivity index (χ0v) is 17.2. The minimum atomic E-state index is -3.53. The Balaban J connectivity index is 1.90. The van der Waals surface area contributed by atoms with Gasteiger partial charge in [0.2, 0.25) is 10.0 Å². The Hall–Kier alpha value is -1.13. The van der Waals surface area contributed by atoms with Crippen LogP contribution in [0.3, 0.4) is 0 Å². The molecule has 0 aliphatic heterocycles. The van der Waals surface area contributed by atoms with Crippen LogP contribution in [0.5, 0.6) is 0 Å². The Kier molecular flexibility index (Phi) is 7.70. The lowest BCUT2D eigenvalue weighted by Crippen LogP contribution is -2.39.